The average Bonchev–Trinajstić information content (AvgIpc) is 2.88. The number of phenolic OH excluding ortho intramolecular Hbond substituents is 1. The van der Waals surface area contributed by atoms with Gasteiger partial charge in [-0.05, 0) is 76.9 Å². The second kappa shape index (κ2) is 16.2. The molecule has 1 amide bonds. The first-order chi connectivity index (χ1) is 19.3. The van der Waals surface area contributed by atoms with Crippen LogP contribution in [0.4, 0.5) is 4.79 Å². The standard InChI is InChI=1S/C33H42BrNO6/c1-22-12-10-16-29(37)41-28(24(3)18-17-23(2)21-25(20-22)40-32(35)39)15-8-6-7-9-19-33(4,5)31(38)26-13-11-14-27(36)30(26)34/h8-11,13-19,22-25,28,31,36,38H,12,20-21H2,1-5H3,(H2,35,39)/b15-8+,16-10-,18-17+,19-9+/t22-,23+,24+,25-,28-,31+/m0/s1. The smallest absolute Gasteiger partial charge is 0.404 e. The van der Waals surface area contributed by atoms with Crippen LogP contribution in [0.5, 0.6) is 5.75 Å². The number of benzene rings is 1. The van der Waals surface area contributed by atoms with Crippen LogP contribution in [0.2, 0.25) is 0 Å². The first-order valence-electron chi connectivity index (χ1n) is 13.8. The molecule has 4 N–H and O–H groups in total. The van der Waals surface area contributed by atoms with Gasteiger partial charge in [-0.3, -0.25) is 0 Å². The Bertz CT molecular complexity index is 1220. The number of carbonyl (C=O) groups is 2. The third-order valence-corrected chi connectivity index (χ3v) is 7.81. The Morgan fingerprint density at radius 3 is 2.61 bits per heavy atom. The summed E-state index contributed by atoms with van der Waals surface area (Å²) in [5, 5.41) is 20.8. The zero-order valence-electron chi connectivity index (χ0n) is 24.4. The number of rotatable bonds is 5. The fourth-order valence-electron chi connectivity index (χ4n) is 4.50. The molecule has 0 fully saturated rings. The molecule has 41 heavy (non-hydrogen) atoms. The van der Waals surface area contributed by atoms with Gasteiger partial charge in [-0.1, -0.05) is 82.9 Å². The molecule has 0 unspecified atom stereocenters. The predicted molar refractivity (Wildman–Crippen MR) is 165 cm³/mol. The summed E-state index contributed by atoms with van der Waals surface area (Å²) in [5.41, 5.74) is 5.21. The molecule has 7 nitrogen and oxygen atoms in total. The lowest BCUT2D eigenvalue weighted by molar-refractivity contribution is -0.142. The maximum atomic E-state index is 12.5. The highest BCUT2D eigenvalue weighted by atomic mass is 79.9. The minimum Gasteiger partial charge on any atom is -0.507 e. The van der Waals surface area contributed by atoms with Crippen molar-refractivity contribution < 1.29 is 29.3 Å². The fraction of sp³-hybridized carbons (Fsp3) is 0.455. The van der Waals surface area contributed by atoms with E-state index in [1.165, 1.54) is 6.08 Å². The highest BCUT2D eigenvalue weighted by Crippen LogP contribution is 2.40. The summed E-state index contributed by atoms with van der Waals surface area (Å²) < 4.78 is 11.5. The number of aliphatic hydroxyl groups excluding tert-OH is 1. The Kier molecular flexibility index (Phi) is 13.4. The lowest BCUT2D eigenvalue weighted by Crippen LogP contribution is -2.26. The van der Waals surface area contributed by atoms with Crippen molar-refractivity contribution in [2.45, 2.75) is 72.2 Å². The molecule has 1 heterocycles. The molecule has 8 heteroatoms. The number of esters is 1. The number of ether oxygens (including phenoxy) is 2. The molecule has 0 bridgehead atoms. The van der Waals surface area contributed by atoms with Gasteiger partial charge in [-0.25, -0.2) is 9.59 Å². The van der Waals surface area contributed by atoms with Gasteiger partial charge in [0.2, 0.25) is 0 Å². The van der Waals surface area contributed by atoms with Crippen molar-refractivity contribution in [2.24, 2.45) is 28.9 Å². The fourth-order valence-corrected chi connectivity index (χ4v) is 4.98. The van der Waals surface area contributed by atoms with Crippen LogP contribution in [0.15, 0.2) is 71.3 Å². The molecule has 0 saturated carbocycles. The van der Waals surface area contributed by atoms with Crippen LogP contribution in [-0.4, -0.2) is 34.5 Å². The number of cyclic esters (lactones) is 1. The molecule has 1 aliphatic heterocycles. The van der Waals surface area contributed by atoms with E-state index in [1.807, 2.05) is 52.8 Å². The van der Waals surface area contributed by atoms with Crippen LogP contribution in [0.1, 0.15) is 65.5 Å². The second-order valence-corrected chi connectivity index (χ2v) is 12.1. The summed E-state index contributed by atoms with van der Waals surface area (Å²) in [6.45, 7) is 9.79. The number of carbonyl (C=O) groups excluding carboxylic acids is 2. The van der Waals surface area contributed by atoms with Crippen LogP contribution < -0.4 is 5.73 Å². The molecule has 6 atom stereocenters. The number of aliphatic hydroxyl groups is 1. The summed E-state index contributed by atoms with van der Waals surface area (Å²) in [6.07, 6.45) is 13.6. The Morgan fingerprint density at radius 2 is 1.90 bits per heavy atom. The van der Waals surface area contributed by atoms with E-state index in [4.69, 9.17) is 15.2 Å². The maximum Gasteiger partial charge on any atom is 0.404 e. The molecule has 1 aromatic carbocycles. The largest absolute Gasteiger partial charge is 0.507 e. The van der Waals surface area contributed by atoms with Crippen LogP contribution in [0.25, 0.3) is 0 Å². The molecule has 0 saturated heterocycles. The van der Waals surface area contributed by atoms with Gasteiger partial charge in [0.15, 0.2) is 0 Å². The van der Waals surface area contributed by atoms with Crippen molar-refractivity contribution in [1.82, 2.24) is 0 Å². The van der Waals surface area contributed by atoms with E-state index in [0.29, 0.717) is 29.3 Å². The first kappa shape index (κ1) is 33.9. The third-order valence-electron chi connectivity index (χ3n) is 6.95. The van der Waals surface area contributed by atoms with Crippen LogP contribution in [0, 0.1) is 35.0 Å². The highest BCUT2D eigenvalue weighted by molar-refractivity contribution is 9.10. The van der Waals surface area contributed by atoms with Gasteiger partial charge in [-0.15, -0.1) is 0 Å². The average molecular weight is 629 g/mol. The van der Waals surface area contributed by atoms with Crippen molar-refractivity contribution in [1.29, 1.82) is 0 Å². The zero-order chi connectivity index (χ0) is 30.6. The molecule has 0 spiro atoms. The first-order valence-corrected chi connectivity index (χ1v) is 14.6. The number of amides is 1. The van der Waals surface area contributed by atoms with Crippen molar-refractivity contribution in [3.8, 4) is 17.6 Å². The van der Waals surface area contributed by atoms with E-state index in [1.54, 1.807) is 42.5 Å². The number of nitrogens with two attached hydrogens (primary N) is 1. The Hall–Kier alpha value is -3.28. The predicted octanol–water partition coefficient (Wildman–Crippen LogP) is 6.91. The van der Waals surface area contributed by atoms with Gasteiger partial charge in [0.05, 0.1) is 10.6 Å². The van der Waals surface area contributed by atoms with Crippen molar-refractivity contribution in [2.75, 3.05) is 0 Å². The molecule has 1 aromatic rings. The monoisotopic (exact) mass is 627 g/mol. The van der Waals surface area contributed by atoms with Crippen LogP contribution in [0.3, 0.4) is 0 Å². The number of phenols is 1. The van der Waals surface area contributed by atoms with E-state index in [2.05, 4.69) is 27.8 Å². The van der Waals surface area contributed by atoms with E-state index in [9.17, 15) is 19.8 Å². The molecule has 0 aliphatic carbocycles. The summed E-state index contributed by atoms with van der Waals surface area (Å²) >= 11 is 3.34. The normalized spacial score (nSPS) is 26.8. The number of allylic oxidation sites excluding steroid dienone is 4. The Labute approximate surface area is 252 Å². The van der Waals surface area contributed by atoms with Gasteiger partial charge in [0, 0.05) is 17.4 Å². The van der Waals surface area contributed by atoms with Crippen molar-refractivity contribution >= 4 is 28.0 Å². The molecule has 2 rings (SSSR count). The van der Waals surface area contributed by atoms with Gasteiger partial charge >= 0.3 is 12.1 Å². The number of primary amides is 1. The van der Waals surface area contributed by atoms with Crippen molar-refractivity contribution in [3.05, 3.63) is 76.8 Å². The van der Waals surface area contributed by atoms with E-state index in [0.717, 1.165) is 0 Å². The number of aromatic hydroxyl groups is 1. The molecular formula is C33H42BrNO6. The Morgan fingerprint density at radius 1 is 1.20 bits per heavy atom. The zero-order valence-corrected chi connectivity index (χ0v) is 26.0. The van der Waals surface area contributed by atoms with Gasteiger partial charge in [0.1, 0.15) is 18.0 Å². The molecule has 0 radical (unpaired) electrons. The number of hydrogen-bond donors (Lipinski definition) is 3. The molecule has 222 valence electrons. The minimum absolute atomic E-state index is 0.0645. The quantitative estimate of drug-likeness (QED) is 0.185. The summed E-state index contributed by atoms with van der Waals surface area (Å²) in [6, 6.07) is 4.99. The maximum absolute atomic E-state index is 12.5. The SMILES string of the molecule is C[C@H]1C/C=C\C(=O)O[C@@H](/C=C/C#C/C=C/C(C)(C)[C@H](O)c2cccc(O)c2Br)[C@H](C)/C=C/[C@@H](C)C[C@@H](OC(N)=O)C1. The highest BCUT2D eigenvalue weighted by Gasteiger charge is 2.28. The van der Waals surface area contributed by atoms with E-state index >= 15 is 0 Å². The third kappa shape index (κ3) is 11.6. The van der Waals surface area contributed by atoms with Gasteiger partial charge < -0.3 is 25.4 Å². The summed E-state index contributed by atoms with van der Waals surface area (Å²) in [4.78, 5) is 23.9. The summed E-state index contributed by atoms with van der Waals surface area (Å²) in [5.74, 6) is 5.69. The number of halogens is 1. The lowest BCUT2D eigenvalue weighted by Gasteiger charge is -2.28. The van der Waals surface area contributed by atoms with Gasteiger partial charge in [-0.2, -0.15) is 0 Å². The Balaban J connectivity index is 2.15. The summed E-state index contributed by atoms with van der Waals surface area (Å²) in [7, 11) is 0. The minimum atomic E-state index is -0.870. The van der Waals surface area contributed by atoms with Crippen LogP contribution >= 0.6 is 15.9 Å². The van der Waals surface area contributed by atoms with Crippen molar-refractivity contribution in [3.63, 3.8) is 0 Å². The van der Waals surface area contributed by atoms with E-state index < -0.39 is 29.7 Å². The second-order valence-electron chi connectivity index (χ2n) is 11.3. The molecule has 1 aliphatic rings. The molecular weight excluding hydrogens is 586 g/mol. The lowest BCUT2D eigenvalue weighted by atomic mass is 9.82. The number of hydrogen-bond acceptors (Lipinski definition) is 6. The topological polar surface area (TPSA) is 119 Å². The molecule has 0 aromatic heterocycles. The van der Waals surface area contributed by atoms with Gasteiger partial charge in [0.25, 0.3) is 0 Å². The van der Waals surface area contributed by atoms with Crippen LogP contribution in [-0.2, 0) is 14.3 Å². The van der Waals surface area contributed by atoms with E-state index in [-0.39, 0.29) is 29.6 Å².